The van der Waals surface area contributed by atoms with Gasteiger partial charge in [-0.15, -0.1) is 0 Å². The van der Waals surface area contributed by atoms with E-state index in [0.29, 0.717) is 6.54 Å². The lowest BCUT2D eigenvalue weighted by molar-refractivity contribution is -0.138. The molecular formula is C15H22N2O4. The van der Waals surface area contributed by atoms with Crippen molar-refractivity contribution in [2.75, 3.05) is 0 Å². The number of ether oxygens (including phenoxy) is 1. The number of hydrogen-bond donors (Lipinski definition) is 3. The van der Waals surface area contributed by atoms with Crippen LogP contribution in [0.1, 0.15) is 31.9 Å². The van der Waals surface area contributed by atoms with E-state index in [1.807, 2.05) is 12.1 Å². The van der Waals surface area contributed by atoms with Crippen LogP contribution in [0, 0.1) is 0 Å². The maximum atomic E-state index is 11.5. The molecule has 0 radical (unpaired) electrons. The van der Waals surface area contributed by atoms with Gasteiger partial charge in [0.1, 0.15) is 11.6 Å². The van der Waals surface area contributed by atoms with Gasteiger partial charge in [-0.25, -0.2) is 4.79 Å². The molecule has 1 aromatic rings. The van der Waals surface area contributed by atoms with Gasteiger partial charge in [-0.3, -0.25) is 4.79 Å². The van der Waals surface area contributed by atoms with E-state index >= 15 is 0 Å². The number of carbonyl (C=O) groups excluding carboxylic acids is 1. The fourth-order valence-corrected chi connectivity index (χ4v) is 1.62. The monoisotopic (exact) mass is 294 g/mol. The van der Waals surface area contributed by atoms with Crippen molar-refractivity contribution in [2.24, 2.45) is 5.73 Å². The molecule has 6 heteroatoms. The van der Waals surface area contributed by atoms with Gasteiger partial charge in [-0.2, -0.15) is 0 Å². The lowest BCUT2D eigenvalue weighted by atomic mass is 10.0. The summed E-state index contributed by atoms with van der Waals surface area (Å²) in [6, 6.07) is 6.34. The Morgan fingerprint density at radius 1 is 1.24 bits per heavy atom. The summed E-state index contributed by atoms with van der Waals surface area (Å²) in [4.78, 5) is 22.2. The van der Waals surface area contributed by atoms with Crippen molar-refractivity contribution in [3.05, 3.63) is 35.4 Å². The molecule has 0 aliphatic heterocycles. The Bertz CT molecular complexity index is 491. The Hall–Kier alpha value is -2.08. The highest BCUT2D eigenvalue weighted by atomic mass is 16.6. The molecule has 4 N–H and O–H groups in total. The van der Waals surface area contributed by atoms with Gasteiger partial charge in [0, 0.05) is 6.54 Å². The van der Waals surface area contributed by atoms with Crippen LogP contribution >= 0.6 is 0 Å². The summed E-state index contributed by atoms with van der Waals surface area (Å²) < 4.78 is 5.13. The normalized spacial score (nSPS) is 12.6. The number of nitrogens with two attached hydrogens (primary N) is 1. The number of alkyl carbamates (subject to hydrolysis) is 1. The molecule has 21 heavy (non-hydrogen) atoms. The maximum absolute atomic E-state index is 11.5. The van der Waals surface area contributed by atoms with Crippen LogP contribution in [0.3, 0.4) is 0 Å². The van der Waals surface area contributed by atoms with Crippen molar-refractivity contribution in [3.63, 3.8) is 0 Å². The number of rotatable bonds is 5. The SMILES string of the molecule is CC(C)(C)OC(=O)NCc1ccc(C[C@H](N)C(=O)O)cc1. The third kappa shape index (κ3) is 6.76. The zero-order valence-corrected chi connectivity index (χ0v) is 12.6. The predicted octanol–water partition coefficient (Wildman–Crippen LogP) is 1.67. The topological polar surface area (TPSA) is 102 Å². The fourth-order valence-electron chi connectivity index (χ4n) is 1.62. The summed E-state index contributed by atoms with van der Waals surface area (Å²) in [5, 5.41) is 11.4. The van der Waals surface area contributed by atoms with Crippen LogP contribution in [0.2, 0.25) is 0 Å². The minimum absolute atomic E-state index is 0.273. The van der Waals surface area contributed by atoms with Gasteiger partial charge in [-0.1, -0.05) is 24.3 Å². The van der Waals surface area contributed by atoms with Crippen molar-refractivity contribution in [3.8, 4) is 0 Å². The van der Waals surface area contributed by atoms with Crippen molar-refractivity contribution in [1.29, 1.82) is 0 Å². The molecule has 1 atom stereocenters. The largest absolute Gasteiger partial charge is 0.480 e. The minimum Gasteiger partial charge on any atom is -0.480 e. The first-order chi connectivity index (χ1) is 9.67. The van der Waals surface area contributed by atoms with Crippen molar-refractivity contribution < 1.29 is 19.4 Å². The molecule has 1 aromatic carbocycles. The van der Waals surface area contributed by atoms with Gasteiger partial charge in [0.25, 0.3) is 0 Å². The number of nitrogens with one attached hydrogen (secondary N) is 1. The highest BCUT2D eigenvalue weighted by molar-refractivity contribution is 5.73. The lowest BCUT2D eigenvalue weighted by Gasteiger charge is -2.19. The van der Waals surface area contributed by atoms with E-state index in [0.717, 1.165) is 11.1 Å². The predicted molar refractivity (Wildman–Crippen MR) is 78.8 cm³/mol. The number of aliphatic carboxylic acids is 1. The fraction of sp³-hybridized carbons (Fsp3) is 0.467. The van der Waals surface area contributed by atoms with Crippen molar-refractivity contribution in [2.45, 2.75) is 45.4 Å². The second-order valence-electron chi connectivity index (χ2n) is 5.82. The summed E-state index contributed by atoms with van der Waals surface area (Å²) >= 11 is 0. The van der Waals surface area contributed by atoms with Crippen molar-refractivity contribution >= 4 is 12.1 Å². The molecule has 0 unspecified atom stereocenters. The third-order valence-corrected chi connectivity index (χ3v) is 2.63. The van der Waals surface area contributed by atoms with E-state index in [4.69, 9.17) is 15.6 Å². The summed E-state index contributed by atoms with van der Waals surface area (Å²) in [6.07, 6.45) is -0.200. The summed E-state index contributed by atoms with van der Waals surface area (Å²) in [6.45, 7) is 5.74. The Kier molecular flexibility index (Phi) is 5.72. The van der Waals surface area contributed by atoms with Crippen LogP contribution in [0.5, 0.6) is 0 Å². The molecule has 0 aliphatic carbocycles. The van der Waals surface area contributed by atoms with E-state index in [2.05, 4.69) is 5.32 Å². The summed E-state index contributed by atoms with van der Waals surface area (Å²) in [5.41, 5.74) is 6.68. The quantitative estimate of drug-likeness (QED) is 0.766. The first-order valence-corrected chi connectivity index (χ1v) is 6.70. The molecule has 0 fully saturated rings. The van der Waals surface area contributed by atoms with Crippen LogP contribution in [-0.2, 0) is 22.5 Å². The minimum atomic E-state index is -1.02. The smallest absolute Gasteiger partial charge is 0.407 e. The van der Waals surface area contributed by atoms with Crippen molar-refractivity contribution in [1.82, 2.24) is 5.32 Å². The molecule has 0 aromatic heterocycles. The van der Waals surface area contributed by atoms with Gasteiger partial charge >= 0.3 is 12.1 Å². The molecule has 0 saturated carbocycles. The number of carbonyl (C=O) groups is 2. The van der Waals surface area contributed by atoms with Gasteiger partial charge in [0.05, 0.1) is 0 Å². The number of carboxylic acids is 1. The number of benzene rings is 1. The van der Waals surface area contributed by atoms with E-state index < -0.39 is 23.7 Å². The molecule has 1 rings (SSSR count). The van der Waals surface area contributed by atoms with E-state index in [-0.39, 0.29) is 6.42 Å². The van der Waals surface area contributed by atoms with Crippen LogP contribution in [0.15, 0.2) is 24.3 Å². The van der Waals surface area contributed by atoms with Crippen LogP contribution < -0.4 is 11.1 Å². The van der Waals surface area contributed by atoms with E-state index in [1.165, 1.54) is 0 Å². The molecule has 0 heterocycles. The number of amides is 1. The standard InChI is InChI=1S/C15H22N2O4/c1-15(2,3)21-14(20)17-9-11-6-4-10(5-7-11)8-12(16)13(18)19/h4-7,12H,8-9,16H2,1-3H3,(H,17,20)(H,18,19)/t12-/m0/s1. The van der Waals surface area contributed by atoms with Gasteiger partial charge in [-0.05, 0) is 38.3 Å². The average Bonchev–Trinajstić information content (AvgIpc) is 2.35. The zero-order valence-electron chi connectivity index (χ0n) is 12.6. The zero-order chi connectivity index (χ0) is 16.0. The molecule has 116 valence electrons. The Balaban J connectivity index is 2.48. The molecule has 0 saturated heterocycles. The highest BCUT2D eigenvalue weighted by Crippen LogP contribution is 2.09. The summed E-state index contributed by atoms with van der Waals surface area (Å²) in [5.74, 6) is -1.02. The van der Waals surface area contributed by atoms with Gasteiger partial charge < -0.3 is 20.9 Å². The molecule has 0 aliphatic rings. The first-order valence-electron chi connectivity index (χ1n) is 6.70. The highest BCUT2D eigenvalue weighted by Gasteiger charge is 2.15. The van der Waals surface area contributed by atoms with Crippen LogP contribution in [0.25, 0.3) is 0 Å². The first kappa shape index (κ1) is 17.0. The van der Waals surface area contributed by atoms with E-state index in [9.17, 15) is 9.59 Å². The Labute approximate surface area is 124 Å². The Morgan fingerprint density at radius 3 is 2.24 bits per heavy atom. The molecule has 0 bridgehead atoms. The second-order valence-corrected chi connectivity index (χ2v) is 5.82. The van der Waals surface area contributed by atoms with Crippen LogP contribution in [-0.4, -0.2) is 28.8 Å². The molecule has 1 amide bonds. The maximum Gasteiger partial charge on any atom is 0.407 e. The second kappa shape index (κ2) is 7.08. The van der Waals surface area contributed by atoms with Crippen LogP contribution in [0.4, 0.5) is 4.79 Å². The third-order valence-electron chi connectivity index (χ3n) is 2.63. The summed E-state index contributed by atoms with van der Waals surface area (Å²) in [7, 11) is 0. The number of carboxylic acid groups (broad SMARTS) is 1. The molecular weight excluding hydrogens is 272 g/mol. The van der Waals surface area contributed by atoms with E-state index in [1.54, 1.807) is 32.9 Å². The average molecular weight is 294 g/mol. The number of hydrogen-bond acceptors (Lipinski definition) is 4. The van der Waals surface area contributed by atoms with Gasteiger partial charge in [0.2, 0.25) is 0 Å². The molecule has 0 spiro atoms. The Morgan fingerprint density at radius 2 is 1.76 bits per heavy atom. The molecule has 6 nitrogen and oxygen atoms in total. The van der Waals surface area contributed by atoms with Gasteiger partial charge in [0.15, 0.2) is 0 Å². The lowest BCUT2D eigenvalue weighted by Crippen LogP contribution is -2.32.